The van der Waals surface area contributed by atoms with Crippen LogP contribution in [0.5, 0.6) is 0 Å². The normalized spacial score (nSPS) is 14.7. The van der Waals surface area contributed by atoms with Crippen molar-refractivity contribution >= 4 is 50.5 Å². The van der Waals surface area contributed by atoms with Gasteiger partial charge in [-0.1, -0.05) is 35.3 Å². The summed E-state index contributed by atoms with van der Waals surface area (Å²) < 4.78 is 51.1. The van der Waals surface area contributed by atoms with Crippen LogP contribution in [0.25, 0.3) is 0 Å². The number of nitrogens with two attached hydrogens (primary N) is 1. The summed E-state index contributed by atoms with van der Waals surface area (Å²) in [6.07, 6.45) is 2.44. The van der Waals surface area contributed by atoms with E-state index in [2.05, 4.69) is 10.3 Å². The highest BCUT2D eigenvalue weighted by Crippen LogP contribution is 2.34. The second kappa shape index (κ2) is 10.1. The molecule has 35 heavy (non-hydrogen) atoms. The van der Waals surface area contributed by atoms with E-state index in [1.165, 1.54) is 24.3 Å². The number of carbonyl (C=O) groups is 1. The number of rotatable bonds is 5. The average molecular weight is 541 g/mol. The highest BCUT2D eigenvalue weighted by molar-refractivity contribution is 7.89. The maximum absolute atomic E-state index is 14.2. The molecule has 1 saturated heterocycles. The minimum Gasteiger partial charge on any atom is -0.353 e. The number of halogens is 4. The fraction of sp³-hybridized carbons (Fsp3) is 0.217. The monoisotopic (exact) mass is 540 g/mol. The predicted octanol–water partition coefficient (Wildman–Crippen LogP) is 5.08. The van der Waals surface area contributed by atoms with Crippen LogP contribution in [0.3, 0.4) is 0 Å². The molecule has 1 amide bonds. The molecule has 2 heterocycles. The van der Waals surface area contributed by atoms with Gasteiger partial charge in [-0.2, -0.15) is 0 Å². The van der Waals surface area contributed by atoms with Gasteiger partial charge in [-0.3, -0.25) is 4.79 Å². The van der Waals surface area contributed by atoms with Crippen LogP contribution in [0.2, 0.25) is 10.0 Å². The first kappa shape index (κ1) is 25.3. The number of sulfonamides is 1. The Morgan fingerprint density at radius 2 is 1.71 bits per heavy atom. The molecule has 1 aliphatic heterocycles. The number of likely N-dealkylation sites (tertiary alicyclic amines) is 1. The van der Waals surface area contributed by atoms with Gasteiger partial charge < -0.3 is 10.2 Å². The first-order valence-corrected chi connectivity index (χ1v) is 12.8. The summed E-state index contributed by atoms with van der Waals surface area (Å²) in [5.74, 6) is -1.40. The van der Waals surface area contributed by atoms with Gasteiger partial charge in [-0.15, -0.1) is 0 Å². The highest BCUT2D eigenvalue weighted by Gasteiger charge is 2.27. The molecule has 0 radical (unpaired) electrons. The molecule has 12 heteroatoms. The first-order valence-electron chi connectivity index (χ1n) is 10.5. The number of amides is 1. The SMILES string of the molecule is NS(=O)(=O)c1cc(Nc2ccc(Cl)c(F)c2Cl)c(C(=O)N2CCC(c3ccc(F)cc3)CC2)cn1. The van der Waals surface area contributed by atoms with Crippen LogP contribution in [-0.4, -0.2) is 37.3 Å². The van der Waals surface area contributed by atoms with Gasteiger partial charge in [0.1, 0.15) is 10.8 Å². The molecule has 0 spiro atoms. The van der Waals surface area contributed by atoms with E-state index in [1.807, 2.05) is 0 Å². The number of nitrogens with zero attached hydrogens (tertiary/aromatic N) is 2. The number of anilines is 2. The lowest BCUT2D eigenvalue weighted by Crippen LogP contribution is -2.38. The van der Waals surface area contributed by atoms with Crippen molar-refractivity contribution < 1.29 is 22.0 Å². The van der Waals surface area contributed by atoms with E-state index in [4.69, 9.17) is 28.3 Å². The third-order valence-corrected chi connectivity index (χ3v) is 7.30. The Labute approximate surface area is 210 Å². The molecule has 4 rings (SSSR count). The molecule has 3 N–H and O–H groups in total. The van der Waals surface area contributed by atoms with Crippen molar-refractivity contribution in [3.63, 3.8) is 0 Å². The Balaban J connectivity index is 1.61. The minimum atomic E-state index is -4.18. The topological polar surface area (TPSA) is 105 Å². The van der Waals surface area contributed by atoms with E-state index in [-0.39, 0.29) is 38.7 Å². The summed E-state index contributed by atoms with van der Waals surface area (Å²) in [6.45, 7) is 0.848. The highest BCUT2D eigenvalue weighted by atomic mass is 35.5. The molecule has 7 nitrogen and oxygen atoms in total. The smallest absolute Gasteiger partial charge is 0.257 e. The van der Waals surface area contributed by atoms with E-state index in [1.54, 1.807) is 17.0 Å². The van der Waals surface area contributed by atoms with E-state index < -0.39 is 26.8 Å². The molecule has 3 aromatic rings. The van der Waals surface area contributed by atoms with Crippen molar-refractivity contribution in [1.29, 1.82) is 0 Å². The number of pyridine rings is 1. The van der Waals surface area contributed by atoms with Gasteiger partial charge in [0.25, 0.3) is 15.9 Å². The van der Waals surface area contributed by atoms with Crippen molar-refractivity contribution in [2.75, 3.05) is 18.4 Å². The number of primary sulfonamides is 1. The van der Waals surface area contributed by atoms with Gasteiger partial charge >= 0.3 is 0 Å². The minimum absolute atomic E-state index is 0.0401. The first-order chi connectivity index (χ1) is 16.5. The number of aromatic nitrogens is 1. The zero-order valence-electron chi connectivity index (χ0n) is 18.1. The van der Waals surface area contributed by atoms with Crippen molar-refractivity contribution in [3.8, 4) is 0 Å². The number of nitrogens with one attached hydrogen (secondary N) is 1. The summed E-state index contributed by atoms with van der Waals surface area (Å²) in [7, 11) is -4.18. The van der Waals surface area contributed by atoms with E-state index in [0.29, 0.717) is 25.9 Å². The molecule has 2 aromatic carbocycles. The summed E-state index contributed by atoms with van der Waals surface area (Å²) in [5, 5.41) is 7.01. The summed E-state index contributed by atoms with van der Waals surface area (Å²) in [6, 6.07) is 10.1. The quantitative estimate of drug-likeness (QED) is 0.439. The van der Waals surface area contributed by atoms with E-state index in [0.717, 1.165) is 17.8 Å². The zero-order valence-corrected chi connectivity index (χ0v) is 20.5. The van der Waals surface area contributed by atoms with Crippen molar-refractivity contribution in [2.45, 2.75) is 23.8 Å². The molecular formula is C23H20Cl2F2N4O3S. The number of carbonyl (C=O) groups excluding carboxylic acids is 1. The van der Waals surface area contributed by atoms with Gasteiger partial charge in [0.15, 0.2) is 10.8 Å². The molecule has 0 unspecified atom stereocenters. The number of hydrogen-bond acceptors (Lipinski definition) is 5. The van der Waals surface area contributed by atoms with Crippen LogP contribution in [-0.2, 0) is 10.0 Å². The Morgan fingerprint density at radius 3 is 2.34 bits per heavy atom. The molecule has 0 atom stereocenters. The van der Waals surface area contributed by atoms with Crippen molar-refractivity contribution in [3.05, 3.63) is 81.5 Å². The Kier molecular flexibility index (Phi) is 7.27. The van der Waals surface area contributed by atoms with Gasteiger partial charge in [0.2, 0.25) is 0 Å². The van der Waals surface area contributed by atoms with Crippen LogP contribution in [0, 0.1) is 11.6 Å². The maximum Gasteiger partial charge on any atom is 0.257 e. The van der Waals surface area contributed by atoms with Crippen LogP contribution >= 0.6 is 23.2 Å². The van der Waals surface area contributed by atoms with Crippen LogP contribution in [0.1, 0.15) is 34.7 Å². The third kappa shape index (κ3) is 5.56. The van der Waals surface area contributed by atoms with E-state index in [9.17, 15) is 22.0 Å². The summed E-state index contributed by atoms with van der Waals surface area (Å²) in [5.41, 5.74) is 1.17. The van der Waals surface area contributed by atoms with Crippen LogP contribution in [0.4, 0.5) is 20.2 Å². The van der Waals surface area contributed by atoms with Crippen LogP contribution < -0.4 is 10.5 Å². The van der Waals surface area contributed by atoms with Gasteiger partial charge in [0.05, 0.1) is 22.0 Å². The van der Waals surface area contributed by atoms with Gasteiger partial charge in [0, 0.05) is 25.4 Å². The van der Waals surface area contributed by atoms with Crippen molar-refractivity contribution in [2.24, 2.45) is 5.14 Å². The second-order valence-corrected chi connectivity index (χ2v) is 10.4. The van der Waals surface area contributed by atoms with Crippen LogP contribution in [0.15, 0.2) is 53.7 Å². The largest absolute Gasteiger partial charge is 0.353 e. The molecule has 184 valence electrons. The number of benzene rings is 2. The van der Waals surface area contributed by atoms with E-state index >= 15 is 0 Å². The Hall–Kier alpha value is -2.79. The molecule has 1 aromatic heterocycles. The number of hydrogen-bond donors (Lipinski definition) is 2. The zero-order chi connectivity index (χ0) is 25.3. The molecule has 1 fully saturated rings. The third-order valence-electron chi connectivity index (χ3n) is 5.83. The average Bonchev–Trinajstić information content (AvgIpc) is 2.84. The summed E-state index contributed by atoms with van der Waals surface area (Å²) >= 11 is 11.8. The van der Waals surface area contributed by atoms with Gasteiger partial charge in [-0.25, -0.2) is 27.3 Å². The standard InChI is InChI=1S/C23H20Cl2F2N4O3S/c24-17-5-6-18(21(25)22(17)27)30-19-11-20(35(28,33)34)29-12-16(19)23(32)31-9-7-14(8-10-31)13-1-3-15(26)4-2-13/h1-6,11-12,14H,7-10H2,(H,29,30)(H2,28,33,34). The molecule has 0 bridgehead atoms. The summed E-state index contributed by atoms with van der Waals surface area (Å²) in [4.78, 5) is 18.8. The molecule has 0 saturated carbocycles. The molecular weight excluding hydrogens is 521 g/mol. The number of piperidine rings is 1. The Morgan fingerprint density at radius 1 is 1.06 bits per heavy atom. The molecule has 1 aliphatic rings. The lowest BCUT2D eigenvalue weighted by Gasteiger charge is -2.32. The maximum atomic E-state index is 14.2. The van der Waals surface area contributed by atoms with Gasteiger partial charge in [-0.05, 0) is 48.6 Å². The fourth-order valence-electron chi connectivity index (χ4n) is 3.95. The molecule has 0 aliphatic carbocycles. The second-order valence-electron chi connectivity index (χ2n) is 8.08. The predicted molar refractivity (Wildman–Crippen MR) is 130 cm³/mol. The van der Waals surface area contributed by atoms with Crippen molar-refractivity contribution in [1.82, 2.24) is 9.88 Å². The lowest BCUT2D eigenvalue weighted by atomic mass is 9.89. The Bertz CT molecular complexity index is 1380. The fourth-order valence-corrected chi connectivity index (χ4v) is 4.85. The lowest BCUT2D eigenvalue weighted by molar-refractivity contribution is 0.0713.